The van der Waals surface area contributed by atoms with Gasteiger partial charge in [-0.2, -0.15) is 0 Å². The highest BCUT2D eigenvalue weighted by Gasteiger charge is 2.08. The Labute approximate surface area is 91.6 Å². The summed E-state index contributed by atoms with van der Waals surface area (Å²) in [7, 11) is 0. The van der Waals surface area contributed by atoms with Crippen molar-refractivity contribution in [3.8, 4) is 0 Å². The summed E-state index contributed by atoms with van der Waals surface area (Å²) >= 11 is 6.81. The zero-order valence-corrected chi connectivity index (χ0v) is 9.65. The molecule has 0 atom stereocenters. The highest BCUT2D eigenvalue weighted by Crippen LogP contribution is 2.32. The molecule has 2 rings (SSSR count). The quantitative estimate of drug-likeness (QED) is 0.804. The Morgan fingerprint density at radius 1 is 1.31 bits per heavy atom. The second-order valence-corrected chi connectivity index (χ2v) is 4.29. The van der Waals surface area contributed by atoms with Gasteiger partial charge in [0.15, 0.2) is 6.29 Å². The monoisotopic (exact) mass is 301 g/mol. The Morgan fingerprint density at radius 2 is 2.08 bits per heavy atom. The van der Waals surface area contributed by atoms with Gasteiger partial charge in [-0.05, 0) is 44.0 Å². The highest BCUT2D eigenvalue weighted by atomic mass is 79.9. The molecule has 2 aromatic rings. The van der Waals surface area contributed by atoms with Gasteiger partial charge in [0, 0.05) is 31.6 Å². The molecule has 1 aromatic heterocycles. The van der Waals surface area contributed by atoms with Crippen LogP contribution in [0, 0.1) is 0 Å². The summed E-state index contributed by atoms with van der Waals surface area (Å²) in [5.74, 6) is 0. The molecular weight excluding hydrogens is 298 g/mol. The van der Waals surface area contributed by atoms with Crippen molar-refractivity contribution in [2.75, 3.05) is 0 Å². The lowest BCUT2D eigenvalue weighted by Crippen LogP contribution is -1.77. The Morgan fingerprint density at radius 3 is 2.77 bits per heavy atom. The average Bonchev–Trinajstić information content (AvgIpc) is 2.55. The maximum atomic E-state index is 10.7. The molecule has 1 aromatic carbocycles. The third kappa shape index (κ3) is 1.34. The summed E-state index contributed by atoms with van der Waals surface area (Å²) in [6.07, 6.45) is 2.55. The lowest BCUT2D eigenvalue weighted by atomic mass is 10.2. The molecule has 4 heteroatoms. The largest absolute Gasteiger partial charge is 0.360 e. The van der Waals surface area contributed by atoms with Crippen LogP contribution in [0.2, 0.25) is 0 Å². The molecule has 0 aliphatic heterocycles. The maximum absolute atomic E-state index is 10.7. The molecule has 13 heavy (non-hydrogen) atoms. The second kappa shape index (κ2) is 3.27. The van der Waals surface area contributed by atoms with E-state index in [1.54, 1.807) is 6.20 Å². The predicted molar refractivity (Wildman–Crippen MR) is 59.1 cm³/mol. The van der Waals surface area contributed by atoms with Crippen molar-refractivity contribution in [1.82, 2.24) is 4.98 Å². The number of hydrogen-bond donors (Lipinski definition) is 1. The van der Waals surface area contributed by atoms with E-state index in [1.807, 2.05) is 12.1 Å². The van der Waals surface area contributed by atoms with E-state index in [2.05, 4.69) is 36.8 Å². The van der Waals surface area contributed by atoms with E-state index in [0.29, 0.717) is 5.56 Å². The summed E-state index contributed by atoms with van der Waals surface area (Å²) in [5, 5.41) is 0.921. The first kappa shape index (κ1) is 8.97. The van der Waals surface area contributed by atoms with Gasteiger partial charge in [-0.1, -0.05) is 0 Å². The van der Waals surface area contributed by atoms with Gasteiger partial charge in [0.25, 0.3) is 0 Å². The summed E-state index contributed by atoms with van der Waals surface area (Å²) < 4.78 is 1.86. The molecule has 0 aliphatic carbocycles. The maximum Gasteiger partial charge on any atom is 0.152 e. The minimum atomic E-state index is 0.670. The van der Waals surface area contributed by atoms with Crippen LogP contribution in [0.5, 0.6) is 0 Å². The molecule has 66 valence electrons. The molecule has 0 radical (unpaired) electrons. The Bertz CT molecular complexity index is 476. The van der Waals surface area contributed by atoms with Crippen molar-refractivity contribution in [1.29, 1.82) is 0 Å². The molecule has 0 fully saturated rings. The van der Waals surface area contributed by atoms with Gasteiger partial charge in [-0.3, -0.25) is 4.79 Å². The highest BCUT2D eigenvalue weighted by molar-refractivity contribution is 9.13. The number of halogens is 2. The topological polar surface area (TPSA) is 32.9 Å². The number of benzene rings is 1. The van der Waals surface area contributed by atoms with Crippen molar-refractivity contribution in [2.24, 2.45) is 0 Å². The van der Waals surface area contributed by atoms with E-state index in [4.69, 9.17) is 0 Å². The van der Waals surface area contributed by atoms with Gasteiger partial charge in [-0.25, -0.2) is 0 Å². The van der Waals surface area contributed by atoms with Crippen LogP contribution in [-0.2, 0) is 0 Å². The SMILES string of the molecule is O=Cc1c[nH]c2ccc(Br)c(Br)c12. The summed E-state index contributed by atoms with van der Waals surface area (Å²) in [5.41, 5.74) is 1.63. The lowest BCUT2D eigenvalue weighted by molar-refractivity contribution is 0.112. The standard InChI is InChI=1S/C9H5Br2NO/c10-6-1-2-7-8(9(6)11)5(4-13)3-12-7/h1-4,12H. The number of fused-ring (bicyclic) bond motifs is 1. The zero-order chi connectivity index (χ0) is 9.42. The van der Waals surface area contributed by atoms with Crippen molar-refractivity contribution < 1.29 is 4.79 Å². The van der Waals surface area contributed by atoms with E-state index in [0.717, 1.165) is 26.1 Å². The summed E-state index contributed by atoms with van der Waals surface area (Å²) in [6.45, 7) is 0. The number of rotatable bonds is 1. The van der Waals surface area contributed by atoms with E-state index in [1.165, 1.54) is 0 Å². The molecule has 0 unspecified atom stereocenters. The minimum absolute atomic E-state index is 0.670. The van der Waals surface area contributed by atoms with E-state index in [9.17, 15) is 4.79 Å². The fourth-order valence-corrected chi connectivity index (χ4v) is 2.18. The minimum Gasteiger partial charge on any atom is -0.360 e. The smallest absolute Gasteiger partial charge is 0.152 e. The molecule has 0 saturated heterocycles. The van der Waals surface area contributed by atoms with Crippen LogP contribution in [0.3, 0.4) is 0 Å². The van der Waals surface area contributed by atoms with Gasteiger partial charge in [-0.15, -0.1) is 0 Å². The molecule has 0 amide bonds. The van der Waals surface area contributed by atoms with E-state index < -0.39 is 0 Å². The molecule has 2 nitrogen and oxygen atoms in total. The van der Waals surface area contributed by atoms with Crippen LogP contribution >= 0.6 is 31.9 Å². The number of hydrogen-bond acceptors (Lipinski definition) is 1. The van der Waals surface area contributed by atoms with E-state index in [-0.39, 0.29) is 0 Å². The fourth-order valence-electron chi connectivity index (χ4n) is 1.27. The van der Waals surface area contributed by atoms with Crippen molar-refractivity contribution >= 4 is 49.0 Å². The first-order chi connectivity index (χ1) is 6.24. The first-order valence-corrected chi connectivity index (χ1v) is 5.23. The molecular formula is C9H5Br2NO. The van der Waals surface area contributed by atoms with Gasteiger partial charge < -0.3 is 4.98 Å². The van der Waals surface area contributed by atoms with Gasteiger partial charge >= 0.3 is 0 Å². The van der Waals surface area contributed by atoms with Gasteiger partial charge in [0.05, 0.1) is 0 Å². The average molecular weight is 303 g/mol. The number of carbonyl (C=O) groups is 1. The van der Waals surface area contributed by atoms with Crippen LogP contribution in [0.25, 0.3) is 10.9 Å². The van der Waals surface area contributed by atoms with Crippen molar-refractivity contribution in [3.63, 3.8) is 0 Å². The van der Waals surface area contributed by atoms with Gasteiger partial charge in [0.2, 0.25) is 0 Å². The first-order valence-electron chi connectivity index (χ1n) is 3.64. The van der Waals surface area contributed by atoms with E-state index >= 15 is 0 Å². The molecule has 0 aliphatic rings. The Hall–Kier alpha value is -0.610. The van der Waals surface area contributed by atoms with Crippen LogP contribution < -0.4 is 0 Å². The Kier molecular flexibility index (Phi) is 2.26. The number of aromatic nitrogens is 1. The second-order valence-electron chi connectivity index (χ2n) is 2.65. The zero-order valence-electron chi connectivity index (χ0n) is 6.47. The number of aldehydes is 1. The van der Waals surface area contributed by atoms with Crippen LogP contribution in [0.1, 0.15) is 10.4 Å². The van der Waals surface area contributed by atoms with Gasteiger partial charge in [0.1, 0.15) is 0 Å². The third-order valence-corrected chi connectivity index (χ3v) is 3.91. The number of H-pyrrole nitrogens is 1. The van der Waals surface area contributed by atoms with Crippen LogP contribution in [0.15, 0.2) is 27.3 Å². The fraction of sp³-hybridized carbons (Fsp3) is 0. The number of carbonyl (C=O) groups excluding carboxylic acids is 1. The summed E-state index contributed by atoms with van der Waals surface area (Å²) in [6, 6.07) is 3.86. The molecule has 0 saturated carbocycles. The predicted octanol–water partition coefficient (Wildman–Crippen LogP) is 3.51. The number of aromatic amines is 1. The Balaban J connectivity index is 2.93. The lowest BCUT2D eigenvalue weighted by Gasteiger charge is -1.98. The molecule has 0 bridgehead atoms. The normalized spacial score (nSPS) is 10.6. The molecule has 1 heterocycles. The number of nitrogens with one attached hydrogen (secondary N) is 1. The molecule has 1 N–H and O–H groups in total. The molecule has 0 spiro atoms. The van der Waals surface area contributed by atoms with Crippen molar-refractivity contribution in [2.45, 2.75) is 0 Å². The van der Waals surface area contributed by atoms with Crippen LogP contribution in [0.4, 0.5) is 0 Å². The van der Waals surface area contributed by atoms with Crippen molar-refractivity contribution in [3.05, 3.63) is 32.8 Å². The van der Waals surface area contributed by atoms with Crippen LogP contribution in [-0.4, -0.2) is 11.3 Å². The summed E-state index contributed by atoms with van der Waals surface area (Å²) in [4.78, 5) is 13.7. The third-order valence-electron chi connectivity index (χ3n) is 1.89.